The minimum Gasteiger partial charge on any atom is -0.399 e. The molecule has 0 saturated carbocycles. The topological polar surface area (TPSA) is 105 Å². The molecule has 0 saturated heterocycles. The minimum absolute atomic E-state index is 0.0115. The van der Waals surface area contributed by atoms with Crippen molar-refractivity contribution in [1.82, 2.24) is 10.2 Å². The lowest BCUT2D eigenvalue weighted by atomic mass is 10.1. The summed E-state index contributed by atoms with van der Waals surface area (Å²) in [4.78, 5) is 11.9. The average molecular weight is 285 g/mol. The summed E-state index contributed by atoms with van der Waals surface area (Å²) in [6, 6.07) is 8.73. The highest BCUT2D eigenvalue weighted by Gasteiger charge is 2.11. The van der Waals surface area contributed by atoms with E-state index in [2.05, 4.69) is 15.5 Å². The zero-order valence-corrected chi connectivity index (χ0v) is 11.4. The van der Waals surface area contributed by atoms with Crippen molar-refractivity contribution in [3.05, 3.63) is 40.4 Å². The van der Waals surface area contributed by atoms with Crippen molar-refractivity contribution in [2.75, 3.05) is 11.1 Å². The number of carbonyl (C=O) groups is 1. The summed E-state index contributed by atoms with van der Waals surface area (Å²) < 4.78 is 0. The standard InChI is InChI=1S/C13H11N5OS/c1-8-17-18-13(20-8)16-12(19)10(7-14)6-9-2-4-11(15)5-3-9/h2-6H,15H2,1H3,(H,16,18,19)/b10-6+. The first kappa shape index (κ1) is 13.7. The van der Waals surface area contributed by atoms with Crippen molar-refractivity contribution in [3.8, 4) is 6.07 Å². The van der Waals surface area contributed by atoms with E-state index in [-0.39, 0.29) is 5.57 Å². The zero-order valence-electron chi connectivity index (χ0n) is 10.6. The molecule has 20 heavy (non-hydrogen) atoms. The summed E-state index contributed by atoms with van der Waals surface area (Å²) in [6.45, 7) is 1.78. The molecule has 1 aromatic heterocycles. The summed E-state index contributed by atoms with van der Waals surface area (Å²) in [6.07, 6.45) is 1.49. The number of anilines is 2. The fourth-order valence-electron chi connectivity index (χ4n) is 1.42. The van der Waals surface area contributed by atoms with Crippen molar-refractivity contribution in [2.45, 2.75) is 6.92 Å². The van der Waals surface area contributed by atoms with Gasteiger partial charge in [-0.2, -0.15) is 5.26 Å². The zero-order chi connectivity index (χ0) is 14.5. The van der Waals surface area contributed by atoms with Crippen molar-refractivity contribution in [1.29, 1.82) is 5.26 Å². The molecule has 0 atom stereocenters. The summed E-state index contributed by atoms with van der Waals surface area (Å²) in [5, 5.41) is 20.3. The highest BCUT2D eigenvalue weighted by atomic mass is 32.1. The van der Waals surface area contributed by atoms with Crippen molar-refractivity contribution >= 4 is 34.1 Å². The number of nitrogens with two attached hydrogens (primary N) is 1. The highest BCUT2D eigenvalue weighted by Crippen LogP contribution is 2.16. The van der Waals surface area contributed by atoms with E-state index < -0.39 is 5.91 Å². The molecule has 0 radical (unpaired) electrons. The van der Waals surface area contributed by atoms with E-state index in [9.17, 15) is 4.79 Å². The van der Waals surface area contributed by atoms with E-state index >= 15 is 0 Å². The van der Waals surface area contributed by atoms with Gasteiger partial charge in [-0.3, -0.25) is 10.1 Å². The second-order valence-corrected chi connectivity index (χ2v) is 5.10. The smallest absolute Gasteiger partial charge is 0.268 e. The number of nitrogens with zero attached hydrogens (tertiary/aromatic N) is 3. The van der Waals surface area contributed by atoms with Crippen LogP contribution >= 0.6 is 11.3 Å². The maximum absolute atomic E-state index is 11.9. The number of amides is 1. The summed E-state index contributed by atoms with van der Waals surface area (Å²) in [5.74, 6) is -0.513. The second kappa shape index (κ2) is 5.95. The first-order valence-corrected chi connectivity index (χ1v) is 6.49. The van der Waals surface area contributed by atoms with Gasteiger partial charge in [0.2, 0.25) is 5.13 Å². The van der Waals surface area contributed by atoms with Gasteiger partial charge in [0.05, 0.1) is 0 Å². The molecular weight excluding hydrogens is 274 g/mol. The van der Waals surface area contributed by atoms with Crippen LogP contribution in [0.2, 0.25) is 0 Å². The molecule has 0 unspecified atom stereocenters. The Labute approximate surface area is 119 Å². The third-order valence-electron chi connectivity index (χ3n) is 2.36. The van der Waals surface area contributed by atoms with Gasteiger partial charge in [-0.1, -0.05) is 23.5 Å². The third-order valence-corrected chi connectivity index (χ3v) is 3.11. The lowest BCUT2D eigenvalue weighted by molar-refractivity contribution is -0.112. The molecule has 1 heterocycles. The molecule has 0 aliphatic carbocycles. The van der Waals surface area contributed by atoms with E-state index in [0.29, 0.717) is 10.8 Å². The van der Waals surface area contributed by atoms with Crippen molar-refractivity contribution in [2.24, 2.45) is 0 Å². The Hall–Kier alpha value is -2.72. The number of hydrogen-bond donors (Lipinski definition) is 2. The Balaban J connectivity index is 2.17. The van der Waals surface area contributed by atoms with Crippen LogP contribution in [0, 0.1) is 18.3 Å². The quantitative estimate of drug-likeness (QED) is 0.509. The van der Waals surface area contributed by atoms with Crippen LogP contribution in [0.1, 0.15) is 10.6 Å². The Morgan fingerprint density at radius 1 is 1.40 bits per heavy atom. The molecule has 0 aliphatic rings. The van der Waals surface area contributed by atoms with Crippen LogP contribution in [0.4, 0.5) is 10.8 Å². The van der Waals surface area contributed by atoms with Gasteiger partial charge < -0.3 is 5.73 Å². The van der Waals surface area contributed by atoms with E-state index in [1.807, 2.05) is 6.07 Å². The van der Waals surface area contributed by atoms with Gasteiger partial charge in [0.25, 0.3) is 5.91 Å². The maximum atomic E-state index is 11.9. The number of aryl methyl sites for hydroxylation is 1. The predicted octanol–water partition coefficient (Wildman–Crippen LogP) is 1.97. The molecule has 2 aromatic rings. The first-order valence-electron chi connectivity index (χ1n) is 5.67. The molecule has 100 valence electrons. The van der Waals surface area contributed by atoms with Crippen LogP contribution in [0.5, 0.6) is 0 Å². The number of nitriles is 1. The maximum Gasteiger partial charge on any atom is 0.268 e. The van der Waals surface area contributed by atoms with E-state index in [0.717, 1.165) is 10.6 Å². The Morgan fingerprint density at radius 2 is 2.10 bits per heavy atom. The van der Waals surface area contributed by atoms with Crippen LogP contribution in [0.15, 0.2) is 29.8 Å². The van der Waals surface area contributed by atoms with Gasteiger partial charge >= 0.3 is 0 Å². The highest BCUT2D eigenvalue weighted by molar-refractivity contribution is 7.15. The summed E-state index contributed by atoms with van der Waals surface area (Å²) >= 11 is 1.24. The van der Waals surface area contributed by atoms with Crippen LogP contribution in [-0.2, 0) is 4.79 Å². The number of aromatic nitrogens is 2. The second-order valence-electron chi connectivity index (χ2n) is 3.92. The third kappa shape index (κ3) is 3.40. The lowest BCUT2D eigenvalue weighted by Gasteiger charge is -2.00. The van der Waals surface area contributed by atoms with E-state index in [4.69, 9.17) is 11.0 Å². The van der Waals surface area contributed by atoms with E-state index in [1.165, 1.54) is 17.4 Å². The van der Waals surface area contributed by atoms with Crippen molar-refractivity contribution in [3.63, 3.8) is 0 Å². The fraction of sp³-hybridized carbons (Fsp3) is 0.0769. The number of benzene rings is 1. The largest absolute Gasteiger partial charge is 0.399 e. The van der Waals surface area contributed by atoms with Gasteiger partial charge in [-0.05, 0) is 30.7 Å². The molecule has 3 N–H and O–H groups in total. The average Bonchev–Trinajstić information content (AvgIpc) is 2.83. The van der Waals surface area contributed by atoms with Gasteiger partial charge in [0.15, 0.2) is 0 Å². The first-order chi connectivity index (χ1) is 9.58. The van der Waals surface area contributed by atoms with Gasteiger partial charge in [0.1, 0.15) is 16.6 Å². The SMILES string of the molecule is Cc1nnc(NC(=O)/C(C#N)=C/c2ccc(N)cc2)s1. The molecule has 0 fully saturated rings. The molecule has 1 aromatic carbocycles. The number of nitrogen functional groups attached to an aromatic ring is 1. The number of hydrogen-bond acceptors (Lipinski definition) is 6. The molecule has 1 amide bonds. The molecule has 6 nitrogen and oxygen atoms in total. The lowest BCUT2D eigenvalue weighted by Crippen LogP contribution is -2.13. The van der Waals surface area contributed by atoms with Gasteiger partial charge in [-0.15, -0.1) is 10.2 Å². The van der Waals surface area contributed by atoms with E-state index in [1.54, 1.807) is 31.2 Å². The van der Waals surface area contributed by atoms with Crippen LogP contribution < -0.4 is 11.1 Å². The Morgan fingerprint density at radius 3 is 2.65 bits per heavy atom. The Bertz CT molecular complexity index is 696. The normalized spacial score (nSPS) is 10.9. The van der Waals surface area contributed by atoms with Gasteiger partial charge in [0, 0.05) is 5.69 Å². The van der Waals surface area contributed by atoms with Crippen LogP contribution in [0.3, 0.4) is 0 Å². The minimum atomic E-state index is -0.513. The summed E-state index contributed by atoms with van der Waals surface area (Å²) in [7, 11) is 0. The molecule has 7 heteroatoms. The summed E-state index contributed by atoms with van der Waals surface area (Å²) in [5.41, 5.74) is 6.91. The molecule has 0 spiro atoms. The van der Waals surface area contributed by atoms with Crippen molar-refractivity contribution < 1.29 is 4.79 Å². The monoisotopic (exact) mass is 285 g/mol. The Kier molecular flexibility index (Phi) is 4.08. The fourth-order valence-corrected chi connectivity index (χ4v) is 2.01. The molecule has 2 rings (SSSR count). The number of rotatable bonds is 3. The molecule has 0 bridgehead atoms. The number of carbonyl (C=O) groups excluding carboxylic acids is 1. The molecular formula is C13H11N5OS. The molecule has 0 aliphatic heterocycles. The van der Waals surface area contributed by atoms with Gasteiger partial charge in [-0.25, -0.2) is 0 Å². The number of nitrogens with one attached hydrogen (secondary N) is 1. The van der Waals surface area contributed by atoms with Crippen LogP contribution in [0.25, 0.3) is 6.08 Å². The predicted molar refractivity (Wildman–Crippen MR) is 77.7 cm³/mol. The van der Waals surface area contributed by atoms with Crippen LogP contribution in [-0.4, -0.2) is 16.1 Å².